The molecule has 0 atom stereocenters. The highest BCUT2D eigenvalue weighted by atomic mass is 16.5. The van der Waals surface area contributed by atoms with E-state index in [9.17, 15) is 0 Å². The monoisotopic (exact) mass is 831 g/mol. The van der Waals surface area contributed by atoms with E-state index in [4.69, 9.17) is 9.15 Å². The molecule has 2 aliphatic carbocycles. The Balaban J connectivity index is 1.01. The summed E-state index contributed by atoms with van der Waals surface area (Å²) in [6.07, 6.45) is 0. The van der Waals surface area contributed by atoms with Gasteiger partial charge in [0.15, 0.2) is 0 Å². The second kappa shape index (κ2) is 13.2. The Morgan fingerprint density at radius 2 is 0.969 bits per heavy atom. The number of benzene rings is 10. The maximum Gasteiger partial charge on any atom is 0.143 e. The highest BCUT2D eigenvalue weighted by Gasteiger charge is 2.52. The minimum absolute atomic E-state index is 0.164. The summed E-state index contributed by atoms with van der Waals surface area (Å²) in [6, 6.07) is 77.7. The Bertz CT molecular complexity index is 3750. The number of fused-ring (bicyclic) bond motifs is 17. The van der Waals surface area contributed by atoms with Crippen LogP contribution in [0.3, 0.4) is 0 Å². The van der Waals surface area contributed by atoms with E-state index in [-0.39, 0.29) is 5.41 Å². The van der Waals surface area contributed by atoms with E-state index >= 15 is 0 Å². The Morgan fingerprint density at radius 3 is 1.75 bits per heavy atom. The summed E-state index contributed by atoms with van der Waals surface area (Å²) >= 11 is 0. The summed E-state index contributed by atoms with van der Waals surface area (Å²) in [6.45, 7) is 4.72. The smallest absolute Gasteiger partial charge is 0.143 e. The van der Waals surface area contributed by atoms with Gasteiger partial charge in [-0.2, -0.15) is 0 Å². The average molecular weight is 832 g/mol. The maximum atomic E-state index is 6.76. The molecule has 1 aromatic heterocycles. The molecule has 11 aromatic rings. The number of hydrogen-bond acceptors (Lipinski definition) is 3. The molecule has 2 heterocycles. The average Bonchev–Trinajstić information content (AvgIpc) is 3.96. The molecular weight excluding hydrogens is 791 g/mol. The molecule has 0 radical (unpaired) electrons. The van der Waals surface area contributed by atoms with Crippen LogP contribution in [0.2, 0.25) is 0 Å². The lowest BCUT2D eigenvalue weighted by Gasteiger charge is -2.39. The third-order valence-electron chi connectivity index (χ3n) is 14.7. The molecule has 3 nitrogen and oxygen atoms in total. The Kier molecular flexibility index (Phi) is 7.38. The first-order valence-electron chi connectivity index (χ1n) is 22.6. The summed E-state index contributed by atoms with van der Waals surface area (Å²) < 4.78 is 13.3. The predicted molar refractivity (Wildman–Crippen MR) is 266 cm³/mol. The van der Waals surface area contributed by atoms with Crippen molar-refractivity contribution in [1.29, 1.82) is 0 Å². The second-order valence-electron chi connectivity index (χ2n) is 18.3. The molecule has 3 heteroatoms. The molecule has 1 spiro atoms. The van der Waals surface area contributed by atoms with Crippen molar-refractivity contribution < 1.29 is 9.15 Å². The molecule has 306 valence electrons. The first-order chi connectivity index (χ1) is 32.0. The van der Waals surface area contributed by atoms with Crippen LogP contribution in [0.15, 0.2) is 217 Å². The van der Waals surface area contributed by atoms with E-state index in [0.717, 1.165) is 72.8 Å². The summed E-state index contributed by atoms with van der Waals surface area (Å²) in [5, 5.41) is 4.74. The zero-order chi connectivity index (χ0) is 43.0. The molecule has 0 unspecified atom stereocenters. The zero-order valence-electron chi connectivity index (χ0n) is 36.0. The van der Waals surface area contributed by atoms with Crippen LogP contribution in [0.1, 0.15) is 47.2 Å². The summed E-state index contributed by atoms with van der Waals surface area (Å²) in [7, 11) is 0. The van der Waals surface area contributed by atoms with Crippen molar-refractivity contribution >= 4 is 49.8 Å². The van der Waals surface area contributed by atoms with Gasteiger partial charge in [0.25, 0.3) is 0 Å². The van der Waals surface area contributed by atoms with E-state index < -0.39 is 5.41 Å². The number of para-hydroxylation sites is 4. The molecule has 0 amide bonds. The highest BCUT2D eigenvalue weighted by molar-refractivity contribution is 6.10. The van der Waals surface area contributed by atoms with Crippen molar-refractivity contribution in [2.45, 2.75) is 24.7 Å². The third kappa shape index (κ3) is 4.90. The first kappa shape index (κ1) is 36.4. The van der Waals surface area contributed by atoms with Crippen LogP contribution in [0.5, 0.6) is 11.5 Å². The lowest BCUT2D eigenvalue weighted by molar-refractivity contribution is 0.436. The molecule has 0 N–H and O–H groups in total. The van der Waals surface area contributed by atoms with Gasteiger partial charge in [-0.05, 0) is 115 Å². The van der Waals surface area contributed by atoms with Gasteiger partial charge in [-0.15, -0.1) is 0 Å². The fraction of sp³-hybridized carbons (Fsp3) is 0.0645. The van der Waals surface area contributed by atoms with Crippen molar-refractivity contribution in [1.82, 2.24) is 0 Å². The molecule has 0 saturated carbocycles. The van der Waals surface area contributed by atoms with Crippen molar-refractivity contribution in [2.24, 2.45) is 0 Å². The fourth-order valence-electron chi connectivity index (χ4n) is 11.8. The number of furan rings is 1. The molecule has 0 saturated heterocycles. The van der Waals surface area contributed by atoms with Crippen LogP contribution in [0.4, 0.5) is 17.1 Å². The molecule has 14 rings (SSSR count). The number of ether oxygens (including phenoxy) is 1. The van der Waals surface area contributed by atoms with Gasteiger partial charge < -0.3 is 14.1 Å². The first-order valence-corrected chi connectivity index (χ1v) is 22.6. The van der Waals surface area contributed by atoms with Gasteiger partial charge in [0.1, 0.15) is 22.7 Å². The van der Waals surface area contributed by atoms with Gasteiger partial charge in [0, 0.05) is 49.9 Å². The summed E-state index contributed by atoms with van der Waals surface area (Å²) in [4.78, 5) is 2.46. The van der Waals surface area contributed by atoms with Crippen LogP contribution in [0.25, 0.3) is 66.1 Å². The van der Waals surface area contributed by atoms with E-state index in [1.807, 2.05) is 6.07 Å². The minimum Gasteiger partial charge on any atom is -0.457 e. The van der Waals surface area contributed by atoms with E-state index in [2.05, 4.69) is 225 Å². The predicted octanol–water partition coefficient (Wildman–Crippen LogP) is 16.7. The topological polar surface area (TPSA) is 25.6 Å². The quantitative estimate of drug-likeness (QED) is 0.177. The Hall–Kier alpha value is -8.14. The molecule has 3 aliphatic rings. The number of anilines is 3. The minimum atomic E-state index is -0.626. The van der Waals surface area contributed by atoms with Crippen LogP contribution in [-0.2, 0) is 10.8 Å². The molecule has 1 aliphatic heterocycles. The van der Waals surface area contributed by atoms with Gasteiger partial charge in [0.05, 0.1) is 5.41 Å². The van der Waals surface area contributed by atoms with E-state index in [1.54, 1.807) is 0 Å². The zero-order valence-corrected chi connectivity index (χ0v) is 36.0. The maximum absolute atomic E-state index is 6.76. The van der Waals surface area contributed by atoms with Crippen molar-refractivity contribution in [3.8, 4) is 44.9 Å². The van der Waals surface area contributed by atoms with Crippen LogP contribution in [-0.4, -0.2) is 0 Å². The van der Waals surface area contributed by atoms with Crippen LogP contribution in [0, 0.1) is 0 Å². The molecular formula is C62H41NO2. The van der Waals surface area contributed by atoms with Crippen molar-refractivity contribution in [2.75, 3.05) is 4.90 Å². The molecule has 0 bridgehead atoms. The van der Waals surface area contributed by atoms with Crippen LogP contribution < -0.4 is 9.64 Å². The highest BCUT2D eigenvalue weighted by Crippen LogP contribution is 2.64. The second-order valence-corrected chi connectivity index (χ2v) is 18.3. The lowest BCUT2D eigenvalue weighted by atomic mass is 9.66. The third-order valence-corrected chi connectivity index (χ3v) is 14.7. The Morgan fingerprint density at radius 1 is 0.385 bits per heavy atom. The lowest BCUT2D eigenvalue weighted by Crippen LogP contribution is -2.32. The van der Waals surface area contributed by atoms with Gasteiger partial charge in [-0.25, -0.2) is 0 Å². The standard InChI is InChI=1S/C62H41NO2/c1-61(2)50-20-7-5-16-45(50)46-33-31-41(36-54(46)61)63(40-29-26-39(27-30-40)44-18-13-19-48-47-17-6-10-23-56(47)65-60(44)48)42-32-34-49-55(37-42)62(53-35-28-38-14-3-4-15-43(38)59(49)53)51-21-8-11-24-57(51)64-58-25-12-9-22-52(58)62/h3-37H,1-2H3. The number of rotatable bonds is 4. The van der Waals surface area contributed by atoms with Crippen molar-refractivity contribution in [3.05, 3.63) is 246 Å². The fourth-order valence-corrected chi connectivity index (χ4v) is 11.8. The van der Waals surface area contributed by atoms with Gasteiger partial charge in [-0.1, -0.05) is 172 Å². The van der Waals surface area contributed by atoms with E-state index in [0.29, 0.717) is 0 Å². The number of hydrogen-bond donors (Lipinski definition) is 0. The van der Waals surface area contributed by atoms with E-state index in [1.165, 1.54) is 55.3 Å². The van der Waals surface area contributed by atoms with Gasteiger partial charge >= 0.3 is 0 Å². The van der Waals surface area contributed by atoms with Crippen LogP contribution >= 0.6 is 0 Å². The SMILES string of the molecule is CC1(C)c2ccccc2-c2ccc(N(c3ccc(-c4cccc5c4oc4ccccc45)cc3)c3ccc4c(c3)C3(c5ccccc5Oc5ccccc53)c3ccc5ccccc5c3-4)cc21. The van der Waals surface area contributed by atoms with Crippen molar-refractivity contribution in [3.63, 3.8) is 0 Å². The molecule has 10 aromatic carbocycles. The largest absolute Gasteiger partial charge is 0.457 e. The summed E-state index contributed by atoms with van der Waals surface area (Å²) in [5.74, 6) is 1.77. The summed E-state index contributed by atoms with van der Waals surface area (Å²) in [5.41, 5.74) is 19.1. The van der Waals surface area contributed by atoms with Gasteiger partial charge in [0.2, 0.25) is 0 Å². The van der Waals surface area contributed by atoms with Gasteiger partial charge in [-0.3, -0.25) is 0 Å². The number of nitrogens with zero attached hydrogens (tertiary/aromatic N) is 1. The molecule has 65 heavy (non-hydrogen) atoms. The Labute approximate surface area is 377 Å². The molecule has 0 fully saturated rings. The normalized spacial score (nSPS) is 14.4.